The van der Waals surface area contributed by atoms with Gasteiger partial charge in [-0.25, -0.2) is 4.79 Å². The van der Waals surface area contributed by atoms with E-state index in [-0.39, 0.29) is 0 Å². The van der Waals surface area contributed by atoms with Crippen molar-refractivity contribution in [1.29, 1.82) is 0 Å². The van der Waals surface area contributed by atoms with Crippen LogP contribution in [0.3, 0.4) is 0 Å². The van der Waals surface area contributed by atoms with Gasteiger partial charge in [0.1, 0.15) is 0 Å². The number of carbonyl (C=O) groups is 1. The van der Waals surface area contributed by atoms with E-state index in [4.69, 9.17) is 4.74 Å². The summed E-state index contributed by atoms with van der Waals surface area (Å²) in [5, 5.41) is 0. The summed E-state index contributed by atoms with van der Waals surface area (Å²) in [4.78, 5) is 11.0. The molecule has 2 heteroatoms. The van der Waals surface area contributed by atoms with Crippen molar-refractivity contribution in [2.24, 2.45) is 0 Å². The fourth-order valence-electron chi connectivity index (χ4n) is 2.71. The summed E-state index contributed by atoms with van der Waals surface area (Å²) in [6.45, 7) is 4.48. The Balaban J connectivity index is 3.12. The van der Waals surface area contributed by atoms with E-state index in [1.54, 1.807) is 6.92 Å². The lowest BCUT2D eigenvalue weighted by atomic mass is 10.0. The summed E-state index contributed by atoms with van der Waals surface area (Å²) in [6.07, 6.45) is 19.9. The third-order valence-electron chi connectivity index (χ3n) is 4.12. The number of hydrogen-bond donors (Lipinski definition) is 0. The average molecular weight is 323 g/mol. The van der Waals surface area contributed by atoms with Gasteiger partial charge < -0.3 is 4.74 Å². The Morgan fingerprint density at radius 3 is 1.57 bits per heavy atom. The van der Waals surface area contributed by atoms with Crippen LogP contribution in [-0.4, -0.2) is 12.6 Å². The number of rotatable bonds is 15. The zero-order chi connectivity index (χ0) is 17.0. The molecule has 23 heavy (non-hydrogen) atoms. The summed E-state index contributed by atoms with van der Waals surface area (Å²) >= 11 is 0. The second-order valence-corrected chi connectivity index (χ2v) is 6.37. The van der Waals surface area contributed by atoms with E-state index >= 15 is 0 Å². The van der Waals surface area contributed by atoms with Gasteiger partial charge in [-0.15, -0.1) is 0 Å². The maximum atomic E-state index is 11.0. The third-order valence-corrected chi connectivity index (χ3v) is 4.12. The van der Waals surface area contributed by atoms with Gasteiger partial charge in [0.05, 0.1) is 6.61 Å². The molecular formula is C21H38O2. The maximum Gasteiger partial charge on any atom is 0.384 e. The first kappa shape index (κ1) is 22.0. The minimum atomic E-state index is -0.391. The number of hydrogen-bond acceptors (Lipinski definition) is 2. The topological polar surface area (TPSA) is 26.3 Å². The molecule has 0 aliphatic carbocycles. The second-order valence-electron chi connectivity index (χ2n) is 6.37. The van der Waals surface area contributed by atoms with Crippen molar-refractivity contribution in [2.45, 2.75) is 110 Å². The summed E-state index contributed by atoms with van der Waals surface area (Å²) in [5.74, 6) is 5.02. The molecule has 0 unspecified atom stereocenters. The summed E-state index contributed by atoms with van der Waals surface area (Å²) in [7, 11) is 0. The minimum Gasteiger partial charge on any atom is -0.456 e. The Morgan fingerprint density at radius 1 is 0.696 bits per heavy atom. The molecule has 0 rings (SSSR count). The van der Waals surface area contributed by atoms with Crippen LogP contribution >= 0.6 is 0 Å². The number of esters is 1. The van der Waals surface area contributed by atoms with Crippen molar-refractivity contribution in [1.82, 2.24) is 0 Å². The highest BCUT2D eigenvalue weighted by atomic mass is 16.5. The third kappa shape index (κ3) is 19.0. The number of carbonyl (C=O) groups excluding carboxylic acids is 1. The predicted octanol–water partition coefficient (Wildman–Crippen LogP) is 6.42. The normalized spacial score (nSPS) is 10.2. The highest BCUT2D eigenvalue weighted by Gasteiger charge is 1.94. The lowest BCUT2D eigenvalue weighted by Crippen LogP contribution is -1.99. The van der Waals surface area contributed by atoms with Gasteiger partial charge in [-0.2, -0.15) is 0 Å². The molecule has 0 aromatic heterocycles. The summed E-state index contributed by atoms with van der Waals surface area (Å²) < 4.78 is 4.75. The molecule has 0 atom stereocenters. The molecule has 0 aromatic carbocycles. The van der Waals surface area contributed by atoms with Crippen LogP contribution in [0.15, 0.2) is 0 Å². The van der Waals surface area contributed by atoms with Gasteiger partial charge in [-0.1, -0.05) is 96.3 Å². The quantitative estimate of drug-likeness (QED) is 0.150. The molecule has 0 amide bonds. The van der Waals surface area contributed by atoms with Crippen LogP contribution in [0.25, 0.3) is 0 Å². The zero-order valence-corrected chi connectivity index (χ0v) is 15.6. The lowest BCUT2D eigenvalue weighted by Gasteiger charge is -2.02. The molecule has 0 aliphatic heterocycles. The molecule has 0 radical (unpaired) electrons. The van der Waals surface area contributed by atoms with E-state index in [1.807, 2.05) is 0 Å². The molecular weight excluding hydrogens is 284 g/mol. The smallest absolute Gasteiger partial charge is 0.384 e. The second kappa shape index (κ2) is 19.1. The van der Waals surface area contributed by atoms with Crippen LogP contribution in [0, 0.1) is 11.8 Å². The maximum absolute atomic E-state index is 11.0. The first-order valence-corrected chi connectivity index (χ1v) is 9.96. The van der Waals surface area contributed by atoms with E-state index in [2.05, 4.69) is 18.8 Å². The highest BCUT2D eigenvalue weighted by Crippen LogP contribution is 2.13. The van der Waals surface area contributed by atoms with Gasteiger partial charge in [-0.3, -0.25) is 0 Å². The highest BCUT2D eigenvalue weighted by molar-refractivity contribution is 5.88. The molecule has 0 spiro atoms. The number of unbranched alkanes of at least 4 members (excludes halogenated alkanes) is 14. The van der Waals surface area contributed by atoms with E-state index in [1.165, 1.54) is 83.5 Å². The first-order valence-electron chi connectivity index (χ1n) is 9.96. The number of ether oxygens (including phenoxy) is 1. The van der Waals surface area contributed by atoms with Crippen LogP contribution < -0.4 is 0 Å². The fourth-order valence-corrected chi connectivity index (χ4v) is 2.71. The van der Waals surface area contributed by atoms with Crippen molar-refractivity contribution in [3.8, 4) is 11.8 Å². The van der Waals surface area contributed by atoms with E-state index in [0.29, 0.717) is 6.61 Å². The summed E-state index contributed by atoms with van der Waals surface area (Å²) in [5.41, 5.74) is 0. The molecule has 0 aromatic rings. The molecule has 134 valence electrons. The van der Waals surface area contributed by atoms with Gasteiger partial charge in [0.25, 0.3) is 0 Å². The molecule has 0 N–H and O–H groups in total. The standard InChI is InChI=1S/C21H38O2/c1-3-5-6-7-8-9-10-11-12-13-14-15-16-17-18-19-20-21(22)23-4-2/h3-18H2,1-2H3. The Labute approximate surface area is 144 Å². The van der Waals surface area contributed by atoms with Crippen LogP contribution in [0.5, 0.6) is 0 Å². The first-order chi connectivity index (χ1) is 11.3. The Hall–Kier alpha value is -0.970. The van der Waals surface area contributed by atoms with E-state index in [0.717, 1.165) is 12.8 Å². The Morgan fingerprint density at radius 2 is 1.13 bits per heavy atom. The van der Waals surface area contributed by atoms with Crippen molar-refractivity contribution in [3.63, 3.8) is 0 Å². The van der Waals surface area contributed by atoms with Crippen molar-refractivity contribution >= 4 is 5.97 Å². The van der Waals surface area contributed by atoms with E-state index < -0.39 is 5.97 Å². The molecule has 0 bridgehead atoms. The molecule has 0 aliphatic rings. The predicted molar refractivity (Wildman–Crippen MR) is 99.3 cm³/mol. The molecule has 0 saturated carbocycles. The van der Waals surface area contributed by atoms with Crippen molar-refractivity contribution < 1.29 is 9.53 Å². The Bertz CT molecular complexity index is 312. The van der Waals surface area contributed by atoms with Crippen LogP contribution in [0.4, 0.5) is 0 Å². The minimum absolute atomic E-state index is 0.391. The van der Waals surface area contributed by atoms with Gasteiger partial charge >= 0.3 is 5.97 Å². The molecule has 2 nitrogen and oxygen atoms in total. The average Bonchev–Trinajstić information content (AvgIpc) is 2.54. The van der Waals surface area contributed by atoms with Gasteiger partial charge in [0.2, 0.25) is 0 Å². The molecule has 0 saturated heterocycles. The SMILES string of the molecule is CCCCCCCCCCCCCCCCC#CC(=O)OCC. The lowest BCUT2D eigenvalue weighted by molar-refractivity contribution is -0.136. The van der Waals surface area contributed by atoms with Crippen LogP contribution in [0.1, 0.15) is 110 Å². The zero-order valence-electron chi connectivity index (χ0n) is 15.6. The molecule has 0 fully saturated rings. The summed E-state index contributed by atoms with van der Waals surface area (Å²) in [6, 6.07) is 0. The van der Waals surface area contributed by atoms with Crippen molar-refractivity contribution in [3.05, 3.63) is 0 Å². The van der Waals surface area contributed by atoms with Crippen LogP contribution in [0.2, 0.25) is 0 Å². The monoisotopic (exact) mass is 322 g/mol. The Kier molecular flexibility index (Phi) is 18.3. The van der Waals surface area contributed by atoms with Crippen LogP contribution in [-0.2, 0) is 9.53 Å². The fraction of sp³-hybridized carbons (Fsp3) is 0.857. The van der Waals surface area contributed by atoms with E-state index in [9.17, 15) is 4.79 Å². The largest absolute Gasteiger partial charge is 0.456 e. The van der Waals surface area contributed by atoms with Gasteiger partial charge in [0, 0.05) is 12.3 Å². The van der Waals surface area contributed by atoms with Crippen molar-refractivity contribution in [2.75, 3.05) is 6.61 Å². The van der Waals surface area contributed by atoms with Gasteiger partial charge in [0.15, 0.2) is 0 Å². The van der Waals surface area contributed by atoms with Gasteiger partial charge in [-0.05, 0) is 13.3 Å². The molecule has 0 heterocycles.